The van der Waals surface area contributed by atoms with E-state index in [1.165, 1.54) is 11.6 Å². The summed E-state index contributed by atoms with van der Waals surface area (Å²) in [5.74, 6) is -0.878. The van der Waals surface area contributed by atoms with Crippen molar-refractivity contribution in [1.82, 2.24) is 10.6 Å². The van der Waals surface area contributed by atoms with Gasteiger partial charge in [-0.25, -0.2) is 4.79 Å². The molecule has 1 aliphatic heterocycles. The predicted octanol–water partition coefficient (Wildman–Crippen LogP) is 3.85. The fraction of sp³-hybridized carbons (Fsp3) is 0.105. The Morgan fingerprint density at radius 2 is 1.52 bits per heavy atom. The molecule has 0 atom stereocenters. The molecule has 0 saturated carbocycles. The molecule has 0 aromatic heterocycles. The fourth-order valence-corrected chi connectivity index (χ4v) is 3.86. The highest BCUT2D eigenvalue weighted by Crippen LogP contribution is 2.36. The monoisotopic (exact) mass is 492 g/mol. The molecule has 0 unspecified atom stereocenters. The Bertz CT molecular complexity index is 923. The summed E-state index contributed by atoms with van der Waals surface area (Å²) in [6.07, 6.45) is 1.40. The number of carbonyl (C=O) groups excluding carboxylic acids is 3. The molecule has 6 nitrogen and oxygen atoms in total. The number of nitrogens with one attached hydrogen (secondary N) is 2. The van der Waals surface area contributed by atoms with Gasteiger partial charge in [-0.1, -0.05) is 29.8 Å². The standard InChI is InChI=1S/C19H14Br2N2O4/c1-10-2-4-11(5-3-10)9-27-16-14(20)7-12(8-15(16)21)6-13-17(24)22-19(26)23-18(13)25/h2-8H,9H2,1H3,(H2,22,23,24,25,26). The molecular formula is C19H14Br2N2O4. The number of aryl methyl sites for hydroxylation is 1. The maximum absolute atomic E-state index is 11.8. The van der Waals surface area contributed by atoms with E-state index in [2.05, 4.69) is 31.9 Å². The second kappa shape index (κ2) is 8.06. The van der Waals surface area contributed by atoms with Gasteiger partial charge in [-0.05, 0) is 68.1 Å². The zero-order chi connectivity index (χ0) is 19.6. The van der Waals surface area contributed by atoms with Crippen LogP contribution in [0.15, 0.2) is 50.9 Å². The molecular weight excluding hydrogens is 480 g/mol. The molecule has 2 aromatic carbocycles. The van der Waals surface area contributed by atoms with E-state index in [-0.39, 0.29) is 5.57 Å². The van der Waals surface area contributed by atoms with Gasteiger partial charge in [0.2, 0.25) is 0 Å². The van der Waals surface area contributed by atoms with Gasteiger partial charge in [0.15, 0.2) is 0 Å². The first kappa shape index (κ1) is 19.3. The first-order valence-corrected chi connectivity index (χ1v) is 9.48. The van der Waals surface area contributed by atoms with Gasteiger partial charge < -0.3 is 4.74 Å². The van der Waals surface area contributed by atoms with Crippen LogP contribution in [-0.4, -0.2) is 17.8 Å². The van der Waals surface area contributed by atoms with Crippen LogP contribution in [0.1, 0.15) is 16.7 Å². The molecule has 1 fully saturated rings. The molecule has 1 saturated heterocycles. The molecule has 0 spiro atoms. The van der Waals surface area contributed by atoms with Crippen LogP contribution in [-0.2, 0) is 16.2 Å². The lowest BCUT2D eigenvalue weighted by molar-refractivity contribution is -0.123. The molecule has 2 N–H and O–H groups in total. The van der Waals surface area contributed by atoms with E-state index < -0.39 is 17.8 Å². The summed E-state index contributed by atoms with van der Waals surface area (Å²) in [5, 5.41) is 4.07. The normalized spacial score (nSPS) is 13.9. The lowest BCUT2D eigenvalue weighted by atomic mass is 10.1. The van der Waals surface area contributed by atoms with Gasteiger partial charge in [0.05, 0.1) is 8.95 Å². The summed E-state index contributed by atoms with van der Waals surface area (Å²) in [4.78, 5) is 34.8. The zero-order valence-corrected chi connectivity index (χ0v) is 17.3. The van der Waals surface area contributed by atoms with Crippen LogP contribution in [0.4, 0.5) is 4.79 Å². The average Bonchev–Trinajstić information content (AvgIpc) is 2.59. The summed E-state index contributed by atoms with van der Waals surface area (Å²) in [5.41, 5.74) is 2.65. The highest BCUT2D eigenvalue weighted by atomic mass is 79.9. The lowest BCUT2D eigenvalue weighted by Gasteiger charge is -2.15. The van der Waals surface area contributed by atoms with Gasteiger partial charge in [0.1, 0.15) is 17.9 Å². The molecule has 1 aliphatic rings. The second-order valence-electron chi connectivity index (χ2n) is 5.88. The van der Waals surface area contributed by atoms with Crippen molar-refractivity contribution in [3.63, 3.8) is 0 Å². The van der Waals surface area contributed by atoms with E-state index >= 15 is 0 Å². The van der Waals surface area contributed by atoms with Gasteiger partial charge in [0, 0.05) is 0 Å². The number of amides is 4. The summed E-state index contributed by atoms with van der Waals surface area (Å²) in [6, 6.07) is 10.6. The summed E-state index contributed by atoms with van der Waals surface area (Å²) in [6.45, 7) is 2.42. The number of hydrogen-bond acceptors (Lipinski definition) is 4. The third kappa shape index (κ3) is 4.64. The summed E-state index contributed by atoms with van der Waals surface area (Å²) < 4.78 is 7.19. The van der Waals surface area contributed by atoms with Crippen LogP contribution >= 0.6 is 31.9 Å². The molecule has 0 aliphatic carbocycles. The van der Waals surface area contributed by atoms with Crippen molar-refractivity contribution in [3.05, 3.63) is 67.6 Å². The number of barbiturate groups is 1. The molecule has 27 heavy (non-hydrogen) atoms. The predicted molar refractivity (Wildman–Crippen MR) is 107 cm³/mol. The molecule has 138 valence electrons. The number of imide groups is 2. The van der Waals surface area contributed by atoms with E-state index in [1.54, 1.807) is 12.1 Å². The highest BCUT2D eigenvalue weighted by Gasteiger charge is 2.27. The minimum absolute atomic E-state index is 0.151. The van der Waals surface area contributed by atoms with E-state index in [1.807, 2.05) is 41.8 Å². The number of hydrogen-bond donors (Lipinski definition) is 2. The highest BCUT2D eigenvalue weighted by molar-refractivity contribution is 9.11. The number of rotatable bonds is 4. The van der Waals surface area contributed by atoms with Gasteiger partial charge in [0.25, 0.3) is 11.8 Å². The summed E-state index contributed by atoms with van der Waals surface area (Å²) >= 11 is 6.90. The molecule has 0 bridgehead atoms. The fourth-order valence-electron chi connectivity index (χ4n) is 2.41. The molecule has 0 radical (unpaired) electrons. The number of halogens is 2. The molecule has 8 heteroatoms. The van der Waals surface area contributed by atoms with Gasteiger partial charge >= 0.3 is 6.03 Å². The Labute approximate surface area is 172 Å². The lowest BCUT2D eigenvalue weighted by Crippen LogP contribution is -2.51. The van der Waals surface area contributed by atoms with Crippen LogP contribution in [0, 0.1) is 6.92 Å². The number of urea groups is 1. The molecule has 3 rings (SSSR count). The maximum atomic E-state index is 11.8. The van der Waals surface area contributed by atoms with Crippen molar-refractivity contribution in [2.24, 2.45) is 0 Å². The van der Waals surface area contributed by atoms with Crippen molar-refractivity contribution in [3.8, 4) is 5.75 Å². The zero-order valence-electron chi connectivity index (χ0n) is 14.1. The van der Waals surface area contributed by atoms with Crippen molar-refractivity contribution in [1.29, 1.82) is 0 Å². The first-order valence-electron chi connectivity index (χ1n) is 7.89. The largest absolute Gasteiger partial charge is 0.487 e. The Hall–Kier alpha value is -2.45. The quantitative estimate of drug-likeness (QED) is 0.500. The molecule has 2 aromatic rings. The van der Waals surface area contributed by atoms with Gasteiger partial charge in [-0.15, -0.1) is 0 Å². The average molecular weight is 494 g/mol. The third-order valence-electron chi connectivity index (χ3n) is 3.78. The Balaban J connectivity index is 1.81. The number of benzene rings is 2. The Kier molecular flexibility index (Phi) is 5.76. The Morgan fingerprint density at radius 3 is 2.07 bits per heavy atom. The maximum Gasteiger partial charge on any atom is 0.328 e. The topological polar surface area (TPSA) is 84.5 Å². The third-order valence-corrected chi connectivity index (χ3v) is 4.96. The van der Waals surface area contributed by atoms with Crippen LogP contribution in [0.2, 0.25) is 0 Å². The van der Waals surface area contributed by atoms with E-state index in [4.69, 9.17) is 4.74 Å². The Morgan fingerprint density at radius 1 is 0.963 bits per heavy atom. The minimum Gasteiger partial charge on any atom is -0.487 e. The van der Waals surface area contributed by atoms with E-state index in [0.29, 0.717) is 26.9 Å². The van der Waals surface area contributed by atoms with Crippen molar-refractivity contribution in [2.75, 3.05) is 0 Å². The molecule has 1 heterocycles. The van der Waals surface area contributed by atoms with Crippen LogP contribution < -0.4 is 15.4 Å². The van der Waals surface area contributed by atoms with E-state index in [0.717, 1.165) is 5.56 Å². The van der Waals surface area contributed by atoms with Gasteiger partial charge in [-0.3, -0.25) is 20.2 Å². The number of ether oxygens (including phenoxy) is 1. The van der Waals surface area contributed by atoms with Crippen molar-refractivity contribution >= 4 is 55.8 Å². The van der Waals surface area contributed by atoms with Crippen molar-refractivity contribution < 1.29 is 19.1 Å². The van der Waals surface area contributed by atoms with Crippen LogP contribution in [0.25, 0.3) is 6.08 Å². The van der Waals surface area contributed by atoms with Crippen LogP contribution in [0.5, 0.6) is 5.75 Å². The molecule has 4 amide bonds. The smallest absolute Gasteiger partial charge is 0.328 e. The van der Waals surface area contributed by atoms with Gasteiger partial charge in [-0.2, -0.15) is 0 Å². The summed E-state index contributed by atoms with van der Waals surface area (Å²) in [7, 11) is 0. The SMILES string of the molecule is Cc1ccc(COc2c(Br)cc(C=C3C(=O)NC(=O)NC3=O)cc2Br)cc1. The second-order valence-corrected chi connectivity index (χ2v) is 7.59. The van der Waals surface area contributed by atoms with Crippen LogP contribution in [0.3, 0.4) is 0 Å². The van der Waals surface area contributed by atoms with Crippen molar-refractivity contribution in [2.45, 2.75) is 13.5 Å². The van der Waals surface area contributed by atoms with E-state index in [9.17, 15) is 14.4 Å². The first-order chi connectivity index (χ1) is 12.8. The minimum atomic E-state index is -0.829. The number of carbonyl (C=O) groups is 3.